The van der Waals surface area contributed by atoms with Crippen molar-refractivity contribution in [1.82, 2.24) is 5.32 Å². The predicted octanol–water partition coefficient (Wildman–Crippen LogP) is 2.30. The number of benzene rings is 1. The highest BCUT2D eigenvalue weighted by Crippen LogP contribution is 2.04. The molecule has 128 valence electrons. The number of amides is 2. The predicted molar refractivity (Wildman–Crippen MR) is 90.1 cm³/mol. The lowest BCUT2D eigenvalue weighted by atomic mass is 10.3. The molecule has 0 radical (unpaired) electrons. The zero-order chi connectivity index (χ0) is 16.8. The van der Waals surface area contributed by atoms with Gasteiger partial charge in [-0.2, -0.15) is 12.6 Å². The van der Waals surface area contributed by atoms with Gasteiger partial charge < -0.3 is 19.5 Å². The number of nitrogens with one attached hydrogen (secondary N) is 2. The van der Waals surface area contributed by atoms with E-state index in [9.17, 15) is 9.59 Å². The van der Waals surface area contributed by atoms with Gasteiger partial charge in [0.05, 0.1) is 13.2 Å². The van der Waals surface area contributed by atoms with Crippen molar-refractivity contribution < 1.29 is 23.8 Å². The van der Waals surface area contributed by atoms with Crippen LogP contribution >= 0.6 is 12.6 Å². The maximum Gasteiger partial charge on any atom is 0.411 e. The van der Waals surface area contributed by atoms with Gasteiger partial charge in [-0.3, -0.25) is 5.32 Å². The molecule has 0 spiro atoms. The van der Waals surface area contributed by atoms with Gasteiger partial charge in [-0.1, -0.05) is 18.2 Å². The molecule has 0 bridgehead atoms. The average Bonchev–Trinajstić information content (AvgIpc) is 2.55. The molecule has 0 saturated heterocycles. The summed E-state index contributed by atoms with van der Waals surface area (Å²) in [7, 11) is 0. The molecule has 0 saturated carbocycles. The second-order valence-electron chi connectivity index (χ2n) is 4.38. The summed E-state index contributed by atoms with van der Waals surface area (Å²) in [5.41, 5.74) is 0.663. The minimum Gasteiger partial charge on any atom is -0.447 e. The average molecular weight is 342 g/mol. The number of alkyl carbamates (subject to hydrolysis) is 1. The second kappa shape index (κ2) is 12.6. The first-order chi connectivity index (χ1) is 11.2. The zero-order valence-corrected chi connectivity index (χ0v) is 13.7. The first-order valence-electron chi connectivity index (χ1n) is 7.30. The van der Waals surface area contributed by atoms with E-state index in [1.54, 1.807) is 12.1 Å². The molecule has 1 rings (SSSR count). The van der Waals surface area contributed by atoms with Crippen molar-refractivity contribution in [1.29, 1.82) is 0 Å². The van der Waals surface area contributed by atoms with Gasteiger partial charge in [0.15, 0.2) is 0 Å². The highest BCUT2D eigenvalue weighted by Gasteiger charge is 2.03. The summed E-state index contributed by atoms with van der Waals surface area (Å²) in [5.74, 6) is 0.710. The van der Waals surface area contributed by atoms with Crippen LogP contribution in [0.4, 0.5) is 15.3 Å². The van der Waals surface area contributed by atoms with Crippen LogP contribution in [0, 0.1) is 0 Å². The summed E-state index contributed by atoms with van der Waals surface area (Å²) < 4.78 is 15.0. The summed E-state index contributed by atoms with van der Waals surface area (Å²) in [6, 6.07) is 9.00. The Bertz CT molecular complexity index is 458. The molecule has 8 heteroatoms. The van der Waals surface area contributed by atoms with Crippen LogP contribution in [0.5, 0.6) is 0 Å². The Morgan fingerprint density at radius 1 is 0.957 bits per heavy atom. The van der Waals surface area contributed by atoms with Crippen LogP contribution in [0.1, 0.15) is 6.42 Å². The molecule has 0 fully saturated rings. The topological polar surface area (TPSA) is 85.9 Å². The number of rotatable bonds is 10. The fraction of sp³-hybridized carbons (Fsp3) is 0.467. The van der Waals surface area contributed by atoms with Gasteiger partial charge in [-0.15, -0.1) is 0 Å². The minimum atomic E-state index is -0.542. The van der Waals surface area contributed by atoms with Gasteiger partial charge in [-0.05, 0) is 24.3 Å². The third kappa shape index (κ3) is 10.4. The van der Waals surface area contributed by atoms with E-state index in [0.717, 1.165) is 6.42 Å². The molecule has 0 aliphatic heterocycles. The first-order valence-corrected chi connectivity index (χ1v) is 7.93. The standard InChI is InChI=1S/C15H22N2O5S/c18-14(16-7-4-12-23)21-10-8-20-9-11-22-15(19)17-13-5-2-1-3-6-13/h1-3,5-6,23H,4,7-12H2,(H,16,18)(H,17,19). The van der Waals surface area contributed by atoms with Crippen LogP contribution in [0.25, 0.3) is 0 Å². The molecule has 1 aromatic rings. The lowest BCUT2D eigenvalue weighted by Gasteiger charge is -2.08. The minimum absolute atomic E-state index is 0.118. The highest BCUT2D eigenvalue weighted by molar-refractivity contribution is 7.80. The lowest BCUT2D eigenvalue weighted by Crippen LogP contribution is -2.27. The lowest BCUT2D eigenvalue weighted by molar-refractivity contribution is 0.0484. The fourth-order valence-corrected chi connectivity index (χ4v) is 1.64. The molecule has 2 N–H and O–H groups in total. The molecule has 0 aliphatic carbocycles. The maximum absolute atomic E-state index is 11.4. The number of carbonyl (C=O) groups is 2. The van der Waals surface area contributed by atoms with Crippen molar-refractivity contribution in [2.75, 3.05) is 44.0 Å². The summed E-state index contributed by atoms with van der Waals surface area (Å²) >= 11 is 4.03. The van der Waals surface area contributed by atoms with E-state index in [4.69, 9.17) is 14.2 Å². The Hall–Kier alpha value is -1.93. The molecule has 1 aromatic carbocycles. The number of hydrogen-bond donors (Lipinski definition) is 3. The fourth-order valence-electron chi connectivity index (χ4n) is 1.48. The van der Waals surface area contributed by atoms with Crippen LogP contribution in [-0.2, 0) is 14.2 Å². The normalized spacial score (nSPS) is 9.96. The van der Waals surface area contributed by atoms with Crippen molar-refractivity contribution in [3.63, 3.8) is 0 Å². The largest absolute Gasteiger partial charge is 0.447 e. The second-order valence-corrected chi connectivity index (χ2v) is 4.83. The van der Waals surface area contributed by atoms with E-state index in [1.807, 2.05) is 18.2 Å². The number of hydrogen-bond acceptors (Lipinski definition) is 6. The van der Waals surface area contributed by atoms with E-state index >= 15 is 0 Å². The summed E-state index contributed by atoms with van der Waals surface area (Å²) in [4.78, 5) is 22.6. The summed E-state index contributed by atoms with van der Waals surface area (Å²) in [6.45, 7) is 1.26. The summed E-state index contributed by atoms with van der Waals surface area (Å²) in [6.07, 6.45) is -0.231. The molecular weight excluding hydrogens is 320 g/mol. The molecule has 0 atom stereocenters. The van der Waals surface area contributed by atoms with Crippen molar-refractivity contribution in [2.45, 2.75) is 6.42 Å². The zero-order valence-electron chi connectivity index (χ0n) is 12.8. The molecule has 2 amide bonds. The maximum atomic E-state index is 11.4. The van der Waals surface area contributed by atoms with Crippen LogP contribution < -0.4 is 10.6 Å². The van der Waals surface area contributed by atoms with Crippen molar-refractivity contribution in [2.24, 2.45) is 0 Å². The highest BCUT2D eigenvalue weighted by atomic mass is 32.1. The van der Waals surface area contributed by atoms with Crippen LogP contribution in [0.2, 0.25) is 0 Å². The van der Waals surface area contributed by atoms with Crippen LogP contribution in [0.15, 0.2) is 30.3 Å². The van der Waals surface area contributed by atoms with E-state index in [2.05, 4.69) is 23.3 Å². The number of para-hydroxylation sites is 1. The third-order valence-corrected chi connectivity index (χ3v) is 2.86. The Labute approximate surface area is 141 Å². The van der Waals surface area contributed by atoms with Crippen LogP contribution in [0.3, 0.4) is 0 Å². The van der Waals surface area contributed by atoms with Gasteiger partial charge in [0.2, 0.25) is 0 Å². The quantitative estimate of drug-likeness (QED) is 0.449. The number of ether oxygens (including phenoxy) is 3. The number of carbonyl (C=O) groups excluding carboxylic acids is 2. The third-order valence-electron chi connectivity index (χ3n) is 2.55. The molecule has 7 nitrogen and oxygen atoms in total. The van der Waals surface area contributed by atoms with E-state index in [1.165, 1.54) is 0 Å². The smallest absolute Gasteiger partial charge is 0.411 e. The van der Waals surface area contributed by atoms with Crippen LogP contribution in [-0.4, -0.2) is 50.9 Å². The molecule has 0 aromatic heterocycles. The molecule has 0 heterocycles. The Morgan fingerprint density at radius 3 is 2.26 bits per heavy atom. The van der Waals surface area contributed by atoms with Crippen molar-refractivity contribution in [3.05, 3.63) is 30.3 Å². The van der Waals surface area contributed by atoms with Gasteiger partial charge in [0, 0.05) is 12.2 Å². The Kier molecular flexibility index (Phi) is 10.5. The number of thiol groups is 1. The Balaban J connectivity index is 1.93. The van der Waals surface area contributed by atoms with Crippen molar-refractivity contribution in [3.8, 4) is 0 Å². The molecule has 0 aliphatic rings. The Morgan fingerprint density at radius 2 is 1.61 bits per heavy atom. The van der Waals surface area contributed by atoms with Gasteiger partial charge in [0.25, 0.3) is 0 Å². The summed E-state index contributed by atoms with van der Waals surface area (Å²) in [5, 5.41) is 5.16. The first kappa shape index (κ1) is 19.1. The SMILES string of the molecule is O=C(NCCCS)OCCOCCOC(=O)Nc1ccccc1. The molecule has 0 unspecified atom stereocenters. The van der Waals surface area contributed by atoms with Gasteiger partial charge in [0.1, 0.15) is 13.2 Å². The van der Waals surface area contributed by atoms with E-state index in [0.29, 0.717) is 18.0 Å². The number of anilines is 1. The van der Waals surface area contributed by atoms with E-state index < -0.39 is 12.2 Å². The van der Waals surface area contributed by atoms with Gasteiger partial charge >= 0.3 is 12.2 Å². The molecular formula is C15H22N2O5S. The van der Waals surface area contributed by atoms with Gasteiger partial charge in [-0.25, -0.2) is 9.59 Å². The monoisotopic (exact) mass is 342 g/mol. The molecule has 23 heavy (non-hydrogen) atoms. The van der Waals surface area contributed by atoms with Crippen molar-refractivity contribution >= 4 is 30.5 Å². The van der Waals surface area contributed by atoms with E-state index in [-0.39, 0.29) is 26.4 Å².